The van der Waals surface area contributed by atoms with E-state index in [1.807, 2.05) is 4.72 Å². The third kappa shape index (κ3) is 4.77. The minimum Gasteiger partial charge on any atom is -0.443 e. The lowest BCUT2D eigenvalue weighted by atomic mass is 10.2. The summed E-state index contributed by atoms with van der Waals surface area (Å²) >= 11 is 3.18. The highest BCUT2D eigenvalue weighted by molar-refractivity contribution is 9.10. The van der Waals surface area contributed by atoms with Crippen molar-refractivity contribution in [1.29, 1.82) is 0 Å². The van der Waals surface area contributed by atoms with Crippen molar-refractivity contribution in [2.45, 2.75) is 37.9 Å². The minimum atomic E-state index is -4.04. The van der Waals surface area contributed by atoms with Crippen LogP contribution in [-0.2, 0) is 21.4 Å². The lowest BCUT2D eigenvalue weighted by molar-refractivity contribution is 0.0570. The fraction of sp³-hybridized carbons (Fsp3) is 0.417. The van der Waals surface area contributed by atoms with Crippen LogP contribution in [0.2, 0.25) is 0 Å². The molecule has 0 unspecified atom stereocenters. The van der Waals surface area contributed by atoms with Gasteiger partial charge in [0, 0.05) is 4.47 Å². The van der Waals surface area contributed by atoms with Gasteiger partial charge in [-0.05, 0) is 44.5 Å². The van der Waals surface area contributed by atoms with E-state index in [0.717, 1.165) is 0 Å². The van der Waals surface area contributed by atoms with Crippen LogP contribution in [0.1, 0.15) is 26.3 Å². The maximum absolute atomic E-state index is 12.0. The molecule has 0 aliphatic carbocycles. The fourth-order valence-corrected chi connectivity index (χ4v) is 2.60. The fourth-order valence-electron chi connectivity index (χ4n) is 1.31. The molecule has 0 aliphatic heterocycles. The van der Waals surface area contributed by atoms with Crippen molar-refractivity contribution >= 4 is 32.0 Å². The number of amides is 1. The van der Waals surface area contributed by atoms with Gasteiger partial charge in [0.2, 0.25) is 0 Å². The van der Waals surface area contributed by atoms with Crippen LogP contribution in [0.4, 0.5) is 4.79 Å². The third-order valence-corrected chi connectivity index (χ3v) is 4.20. The summed E-state index contributed by atoms with van der Waals surface area (Å²) in [6.45, 7) is 4.56. The number of nitrogens with one attached hydrogen (secondary N) is 1. The molecule has 0 heterocycles. The summed E-state index contributed by atoms with van der Waals surface area (Å²) in [5.74, 6) is 0. The number of ether oxygens (including phenoxy) is 1. The Hall–Kier alpha value is -1.12. The van der Waals surface area contributed by atoms with Crippen LogP contribution in [0.3, 0.4) is 0 Å². The number of hydrogen-bond acceptors (Lipinski definition) is 5. The van der Waals surface area contributed by atoms with Crippen LogP contribution in [0, 0.1) is 0 Å². The molecule has 1 amide bonds. The molecule has 0 spiro atoms. The molecule has 0 aromatic heterocycles. The van der Waals surface area contributed by atoms with Gasteiger partial charge in [0.25, 0.3) is 10.0 Å². The zero-order valence-corrected chi connectivity index (χ0v) is 13.7. The molecule has 8 heteroatoms. The Morgan fingerprint density at radius 1 is 1.40 bits per heavy atom. The van der Waals surface area contributed by atoms with Crippen molar-refractivity contribution in [3.05, 3.63) is 28.2 Å². The first-order valence-electron chi connectivity index (χ1n) is 5.70. The second kappa shape index (κ2) is 6.11. The average molecular weight is 366 g/mol. The van der Waals surface area contributed by atoms with Gasteiger partial charge in [-0.25, -0.2) is 17.9 Å². The van der Waals surface area contributed by atoms with Crippen molar-refractivity contribution in [3.63, 3.8) is 0 Å². The second-order valence-electron chi connectivity index (χ2n) is 5.02. The molecule has 0 saturated heterocycles. The highest BCUT2D eigenvalue weighted by atomic mass is 79.9. The summed E-state index contributed by atoms with van der Waals surface area (Å²) in [5, 5.41) is 9.11. The first kappa shape index (κ1) is 16.9. The Kier molecular flexibility index (Phi) is 5.17. The van der Waals surface area contributed by atoms with Crippen LogP contribution < -0.4 is 4.72 Å². The number of sulfonamides is 1. The number of carbonyl (C=O) groups is 1. The van der Waals surface area contributed by atoms with Crippen molar-refractivity contribution in [1.82, 2.24) is 4.72 Å². The molecule has 0 aliphatic rings. The topological polar surface area (TPSA) is 92.7 Å². The van der Waals surface area contributed by atoms with E-state index >= 15 is 0 Å². The Balaban J connectivity index is 2.97. The molecule has 112 valence electrons. The van der Waals surface area contributed by atoms with E-state index in [9.17, 15) is 13.2 Å². The van der Waals surface area contributed by atoms with Crippen LogP contribution in [0.15, 0.2) is 27.6 Å². The molecule has 0 fully saturated rings. The Morgan fingerprint density at radius 3 is 2.50 bits per heavy atom. The number of aliphatic hydroxyl groups excluding tert-OH is 1. The van der Waals surface area contributed by atoms with E-state index < -0.39 is 21.7 Å². The molecular formula is C12H16BrNO5S. The molecule has 1 aromatic carbocycles. The monoisotopic (exact) mass is 365 g/mol. The number of halogens is 1. The molecule has 0 atom stereocenters. The Bertz CT molecular complexity index is 607. The van der Waals surface area contributed by atoms with Crippen molar-refractivity contribution < 1.29 is 23.1 Å². The first-order chi connectivity index (χ1) is 9.05. The highest BCUT2D eigenvalue weighted by Gasteiger charge is 2.23. The molecule has 20 heavy (non-hydrogen) atoms. The van der Waals surface area contributed by atoms with Gasteiger partial charge in [-0.1, -0.05) is 15.9 Å². The van der Waals surface area contributed by atoms with Gasteiger partial charge in [0.05, 0.1) is 11.5 Å². The maximum atomic E-state index is 12.0. The predicted octanol–water partition coefficient (Wildman–Crippen LogP) is 2.15. The lowest BCUT2D eigenvalue weighted by Crippen LogP contribution is -2.36. The quantitative estimate of drug-likeness (QED) is 0.855. The average Bonchev–Trinajstić information content (AvgIpc) is 2.25. The molecule has 1 rings (SSSR count). The maximum Gasteiger partial charge on any atom is 0.421 e. The largest absolute Gasteiger partial charge is 0.443 e. The Morgan fingerprint density at radius 2 is 2.00 bits per heavy atom. The number of rotatable bonds is 3. The number of carbonyl (C=O) groups excluding carboxylic acids is 1. The summed E-state index contributed by atoms with van der Waals surface area (Å²) in [6.07, 6.45) is -1.05. The van der Waals surface area contributed by atoms with Crippen LogP contribution in [0.5, 0.6) is 0 Å². The first-order valence-corrected chi connectivity index (χ1v) is 7.98. The van der Waals surface area contributed by atoms with Gasteiger partial charge in [-0.3, -0.25) is 0 Å². The smallest absolute Gasteiger partial charge is 0.421 e. The lowest BCUT2D eigenvalue weighted by Gasteiger charge is -2.19. The van der Waals surface area contributed by atoms with Gasteiger partial charge in [-0.15, -0.1) is 0 Å². The summed E-state index contributed by atoms with van der Waals surface area (Å²) in [7, 11) is -4.04. The second-order valence-corrected chi connectivity index (χ2v) is 7.56. The minimum absolute atomic E-state index is 0.129. The van der Waals surface area contributed by atoms with Gasteiger partial charge >= 0.3 is 6.09 Å². The van der Waals surface area contributed by atoms with E-state index in [-0.39, 0.29) is 11.5 Å². The van der Waals surface area contributed by atoms with Crippen molar-refractivity contribution in [3.8, 4) is 0 Å². The molecule has 2 N–H and O–H groups in total. The zero-order valence-electron chi connectivity index (χ0n) is 11.3. The summed E-state index contributed by atoms with van der Waals surface area (Å²) in [4.78, 5) is 11.4. The molecule has 1 aromatic rings. The molecule has 6 nitrogen and oxygen atoms in total. The van der Waals surface area contributed by atoms with Gasteiger partial charge in [0.15, 0.2) is 0 Å². The van der Waals surface area contributed by atoms with Crippen LogP contribution in [0.25, 0.3) is 0 Å². The van der Waals surface area contributed by atoms with Gasteiger partial charge in [-0.2, -0.15) is 0 Å². The van der Waals surface area contributed by atoms with E-state index in [0.29, 0.717) is 10.0 Å². The summed E-state index contributed by atoms with van der Waals surface area (Å²) < 4.78 is 31.3. The van der Waals surface area contributed by atoms with Crippen molar-refractivity contribution in [2.75, 3.05) is 0 Å². The molecular weight excluding hydrogens is 350 g/mol. The van der Waals surface area contributed by atoms with Crippen LogP contribution in [-0.4, -0.2) is 25.2 Å². The number of benzene rings is 1. The standard InChI is InChI=1S/C12H16BrNO5S/c1-12(2,3)19-11(16)14-20(17,18)9-4-5-10(13)8(6-9)7-15/h4-6,15H,7H2,1-3H3,(H,14,16). The predicted molar refractivity (Wildman–Crippen MR) is 76.6 cm³/mol. The summed E-state index contributed by atoms with van der Waals surface area (Å²) in [5.41, 5.74) is -0.396. The number of hydrogen-bond donors (Lipinski definition) is 2. The van der Waals surface area contributed by atoms with E-state index in [2.05, 4.69) is 15.9 Å². The molecule has 0 radical (unpaired) electrons. The van der Waals surface area contributed by atoms with E-state index in [1.165, 1.54) is 18.2 Å². The van der Waals surface area contributed by atoms with Crippen LogP contribution >= 0.6 is 15.9 Å². The molecule has 0 bridgehead atoms. The number of aliphatic hydroxyl groups is 1. The third-order valence-electron chi connectivity index (χ3n) is 2.11. The van der Waals surface area contributed by atoms with E-state index in [1.54, 1.807) is 20.8 Å². The van der Waals surface area contributed by atoms with E-state index in [4.69, 9.17) is 9.84 Å². The highest BCUT2D eigenvalue weighted by Crippen LogP contribution is 2.21. The summed E-state index contributed by atoms with van der Waals surface area (Å²) in [6, 6.07) is 4.07. The van der Waals surface area contributed by atoms with Crippen molar-refractivity contribution in [2.24, 2.45) is 0 Å². The zero-order chi connectivity index (χ0) is 15.6. The molecule has 0 saturated carbocycles. The SMILES string of the molecule is CC(C)(C)OC(=O)NS(=O)(=O)c1ccc(Br)c(CO)c1. The Labute approximate surface area is 126 Å². The normalized spacial score (nSPS) is 12.1. The van der Waals surface area contributed by atoms with Gasteiger partial charge < -0.3 is 9.84 Å². The van der Waals surface area contributed by atoms with Gasteiger partial charge in [0.1, 0.15) is 5.60 Å².